The zero-order chi connectivity index (χ0) is 51.7. The van der Waals surface area contributed by atoms with Crippen molar-refractivity contribution in [2.24, 2.45) is 10.1 Å². The van der Waals surface area contributed by atoms with Crippen LogP contribution in [0.1, 0.15) is 63.9 Å². The van der Waals surface area contributed by atoms with Crippen LogP contribution in [0.3, 0.4) is 0 Å². The monoisotopic (exact) mass is 1260 g/mol. The predicted octanol–water partition coefficient (Wildman–Crippen LogP) is 11.1. The van der Waals surface area contributed by atoms with Gasteiger partial charge in [0.05, 0.1) is 28.5 Å². The molecule has 1 aliphatic rings. The Balaban J connectivity index is 0.000000182. The van der Waals surface area contributed by atoms with Crippen molar-refractivity contribution in [3.05, 3.63) is 245 Å². The Morgan fingerprint density at radius 3 is 1.03 bits per heavy atom. The topological polar surface area (TPSA) is 131 Å². The fourth-order valence-electron chi connectivity index (χ4n) is 7.81. The van der Waals surface area contributed by atoms with Crippen molar-refractivity contribution in [3.63, 3.8) is 0 Å². The molecule has 0 saturated carbocycles. The van der Waals surface area contributed by atoms with Crippen LogP contribution in [0.25, 0.3) is 5.32 Å². The van der Waals surface area contributed by atoms with Gasteiger partial charge in [0, 0.05) is 31.1 Å². The van der Waals surface area contributed by atoms with E-state index in [1.807, 2.05) is 223 Å². The van der Waals surface area contributed by atoms with Crippen molar-refractivity contribution in [1.82, 2.24) is 53.4 Å². The molecule has 0 unspecified atom stereocenters. The van der Waals surface area contributed by atoms with Crippen LogP contribution in [0.5, 0.6) is 0 Å². The third-order valence-corrected chi connectivity index (χ3v) is 11.1. The SMILES string of the molecule is C=C1[CH-]C(C)=NN1[B-](n1nc(C)cc1C)n1nc(C)cc1C.Cc1cc(C)n([B-](n2nc(C)cc2C)n2nc(C)cc2C)n1.[Se-]C(=Nc1ccccc1)[N-]c1ccccc1.[U].c1ccccc1.c1ccccc1. The molecular weight excluding hydrogens is 1200 g/mol. The number of para-hydroxylation sites is 2. The van der Waals surface area contributed by atoms with Crippen LogP contribution in [0.15, 0.2) is 186 Å². The van der Waals surface area contributed by atoms with Gasteiger partial charge in [-0.25, -0.2) is 37.2 Å². The number of hydrazone groups is 1. The van der Waals surface area contributed by atoms with Gasteiger partial charge in [-0.3, -0.25) is 0 Å². The maximum absolute atomic E-state index is 4.66. The van der Waals surface area contributed by atoms with Crippen LogP contribution in [0.4, 0.5) is 11.4 Å². The van der Waals surface area contributed by atoms with Gasteiger partial charge in [0.15, 0.2) is 0 Å². The molecule has 6 heterocycles. The van der Waals surface area contributed by atoms with Gasteiger partial charge in [-0.2, -0.15) is 12.1 Å². The minimum absolute atomic E-state index is 0. The van der Waals surface area contributed by atoms with Crippen molar-refractivity contribution in [2.45, 2.75) is 76.2 Å². The van der Waals surface area contributed by atoms with Crippen LogP contribution in [-0.4, -0.2) is 94.1 Å². The van der Waals surface area contributed by atoms with E-state index in [0.717, 1.165) is 79.7 Å². The molecule has 18 heteroatoms. The normalized spacial score (nSPS) is 11.7. The zero-order valence-electron chi connectivity index (χ0n) is 43.7. The summed E-state index contributed by atoms with van der Waals surface area (Å²) in [5.74, 6) is 0. The van der Waals surface area contributed by atoms with E-state index >= 15 is 0 Å². The van der Waals surface area contributed by atoms with Gasteiger partial charge in [0.2, 0.25) is 0 Å². The van der Waals surface area contributed by atoms with Gasteiger partial charge in [0.1, 0.15) is 0 Å². The number of aromatic nitrogens is 10. The van der Waals surface area contributed by atoms with Crippen molar-refractivity contribution in [1.29, 1.82) is 0 Å². The molecule has 0 spiro atoms. The molecule has 0 fully saturated rings. The average molecular weight is 1260 g/mol. The fourth-order valence-corrected chi connectivity index (χ4v) is 8.25. The standard InChI is InChI=1S/C15H21BN6.C15H20BN6.C13H11N2Se.2C6H6.U/c2*1-10-7-13(4)20(17-10)16(21-14(5)8-11(2)18-21)22-15(6)9-12(3)19-22;16-13(14-11-7-3-1-4-8-11)15-12-9-5-2-6-10-12;2*1-2-4-6-5-3-1;/h7-9H,1-6H3;7-9H,4H2,1-3,5-6H3;1-10H,(H-,14,15,16);2*1-6H;/q-1;-2;-1;;;/p-1. The third kappa shape index (κ3) is 16.6. The van der Waals surface area contributed by atoms with Gasteiger partial charge in [0.25, 0.3) is 14.2 Å². The molecule has 0 bridgehead atoms. The molecule has 0 N–H and O–H groups in total. The van der Waals surface area contributed by atoms with E-state index in [1.54, 1.807) is 0 Å². The van der Waals surface area contributed by atoms with Crippen LogP contribution >= 0.6 is 0 Å². The van der Waals surface area contributed by atoms with Gasteiger partial charge < -0.3 is 27.9 Å². The van der Waals surface area contributed by atoms with Crippen molar-refractivity contribution >= 4 is 52.1 Å². The first-order valence-electron chi connectivity index (χ1n) is 23.7. The van der Waals surface area contributed by atoms with Gasteiger partial charge >= 0.3 is 103 Å². The number of allylic oxidation sites excluding steroid dienone is 1. The first kappa shape index (κ1) is 57.1. The molecule has 10 rings (SSSR count). The molecule has 14 nitrogen and oxygen atoms in total. The first-order valence-corrected chi connectivity index (χ1v) is 24.5. The third-order valence-electron chi connectivity index (χ3n) is 10.8. The number of nitrogens with zero attached hydrogens (tertiary/aromatic N) is 14. The van der Waals surface area contributed by atoms with E-state index in [-0.39, 0.29) is 45.3 Å². The van der Waals surface area contributed by atoms with Crippen molar-refractivity contribution < 1.29 is 31.1 Å². The molecular formula is C55H63B2N14SeU-5. The second-order valence-electron chi connectivity index (χ2n) is 17.3. The van der Waals surface area contributed by atoms with E-state index < -0.39 is 0 Å². The quantitative estimate of drug-likeness (QED) is 0.0644. The van der Waals surface area contributed by atoms with Gasteiger partial charge in [-0.05, 0) is 141 Å². The molecule has 4 aromatic carbocycles. The Hall–Kier alpha value is -6.82. The molecule has 73 heavy (non-hydrogen) atoms. The fraction of sp³-hybridized carbons (Fsp3) is 0.200. The molecule has 0 atom stereocenters. The Morgan fingerprint density at radius 1 is 0.466 bits per heavy atom. The van der Waals surface area contributed by atoms with Crippen LogP contribution in [0.2, 0.25) is 0 Å². The number of rotatable bonds is 8. The second kappa shape index (κ2) is 27.9. The number of aryl methyl sites for hydroxylation is 10. The maximum atomic E-state index is 4.66. The number of hydrogen-bond donors (Lipinski definition) is 0. The summed E-state index contributed by atoms with van der Waals surface area (Å²) in [6.45, 7) is 26.3. The summed E-state index contributed by atoms with van der Waals surface area (Å²) in [6.07, 6.45) is 1.96. The number of aliphatic imine (C=N–C) groups is 1. The van der Waals surface area contributed by atoms with Crippen LogP contribution in [0, 0.1) is 107 Å². The molecule has 2 radical (unpaired) electrons. The zero-order valence-corrected chi connectivity index (χ0v) is 49.6. The summed E-state index contributed by atoms with van der Waals surface area (Å²) in [7, 11) is -0.514. The molecule has 0 amide bonds. The average Bonchev–Trinajstić information content (AvgIpc) is 4.21. The smallest absolute Gasteiger partial charge is 0 e. The maximum Gasteiger partial charge on any atom is 0 e. The summed E-state index contributed by atoms with van der Waals surface area (Å²) in [6, 6.07) is 53.8. The Bertz CT molecular complexity index is 2920. The van der Waals surface area contributed by atoms with E-state index in [1.165, 1.54) is 0 Å². The van der Waals surface area contributed by atoms with E-state index in [4.69, 9.17) is 0 Å². The number of hydrogen-bond acceptors (Lipinski definition) is 8. The minimum Gasteiger partial charge on any atom is -0.0623 e. The van der Waals surface area contributed by atoms with E-state index in [9.17, 15) is 0 Å². The Kier molecular flexibility index (Phi) is 21.8. The van der Waals surface area contributed by atoms with Gasteiger partial charge in [-0.1, -0.05) is 72.8 Å². The Morgan fingerprint density at radius 2 is 0.753 bits per heavy atom. The first-order chi connectivity index (χ1) is 34.6. The summed E-state index contributed by atoms with van der Waals surface area (Å²) in [4.78, 5) is 6.22. The van der Waals surface area contributed by atoms with Crippen molar-refractivity contribution in [2.75, 3.05) is 0 Å². The second-order valence-corrected chi connectivity index (χ2v) is 18.0. The molecule has 0 aliphatic carbocycles. The number of benzene rings is 4. The minimum atomic E-state index is -0.288. The summed E-state index contributed by atoms with van der Waals surface area (Å²) in [5, 5.41) is 32.2. The molecule has 0 saturated heterocycles. The largest absolute Gasteiger partial charge is 0.0623 e. The van der Waals surface area contributed by atoms with E-state index in [2.05, 4.69) is 115 Å². The van der Waals surface area contributed by atoms with Crippen LogP contribution < -0.4 is 0 Å². The van der Waals surface area contributed by atoms with Gasteiger partial charge in [-0.15, -0.1) is 0 Å². The molecule has 5 aromatic heterocycles. The predicted molar refractivity (Wildman–Crippen MR) is 297 cm³/mol. The molecule has 374 valence electrons. The van der Waals surface area contributed by atoms with Crippen molar-refractivity contribution in [3.8, 4) is 0 Å². The summed E-state index contributed by atoms with van der Waals surface area (Å²) < 4.78 is 10.5. The Labute approximate surface area is 464 Å². The summed E-state index contributed by atoms with van der Waals surface area (Å²) >= 11 is 2.86. The molecule has 9 aromatic rings. The van der Waals surface area contributed by atoms with E-state index in [0.29, 0.717) is 4.73 Å². The van der Waals surface area contributed by atoms with Crippen LogP contribution in [-0.2, 0) is 0 Å². The summed E-state index contributed by atoms with van der Waals surface area (Å²) in [5.41, 5.74) is 13.9. The number of amidine groups is 1. The molecule has 1 aliphatic heterocycles.